The summed E-state index contributed by atoms with van der Waals surface area (Å²) in [6.45, 7) is 2.12. The molecule has 0 saturated heterocycles. The molecule has 1 aliphatic heterocycles. The van der Waals surface area contributed by atoms with Gasteiger partial charge >= 0.3 is 0 Å². The normalized spacial score (nSPS) is 21.3. The van der Waals surface area contributed by atoms with Crippen LogP contribution in [0.4, 0.5) is 0 Å². The van der Waals surface area contributed by atoms with Crippen molar-refractivity contribution >= 4 is 15.9 Å². The van der Waals surface area contributed by atoms with Crippen molar-refractivity contribution in [2.24, 2.45) is 0 Å². The average molecular weight is 227 g/mol. The van der Waals surface area contributed by atoms with E-state index >= 15 is 0 Å². The summed E-state index contributed by atoms with van der Waals surface area (Å²) < 4.78 is 6.80. The maximum atomic E-state index is 5.67. The second-order valence-corrected chi connectivity index (χ2v) is 4.13. The minimum atomic E-state index is 0.374. The Kier molecular flexibility index (Phi) is 2.09. The molecule has 1 nitrogen and oxygen atoms in total. The molecule has 0 N–H and O–H groups in total. The van der Waals surface area contributed by atoms with Crippen LogP contribution in [0.15, 0.2) is 22.7 Å². The highest BCUT2D eigenvalue weighted by Gasteiger charge is 2.15. The largest absolute Gasteiger partial charge is 0.490 e. The van der Waals surface area contributed by atoms with Crippen molar-refractivity contribution in [3.63, 3.8) is 0 Å². The van der Waals surface area contributed by atoms with Crippen LogP contribution in [0.25, 0.3) is 0 Å². The van der Waals surface area contributed by atoms with Gasteiger partial charge in [-0.15, -0.1) is 0 Å². The highest BCUT2D eigenvalue weighted by Crippen LogP contribution is 2.29. The summed E-state index contributed by atoms with van der Waals surface area (Å²) in [6, 6.07) is 6.20. The molecule has 0 fully saturated rings. The van der Waals surface area contributed by atoms with Crippen molar-refractivity contribution in [3.05, 3.63) is 28.2 Å². The Morgan fingerprint density at radius 1 is 1.50 bits per heavy atom. The van der Waals surface area contributed by atoms with E-state index in [1.807, 2.05) is 12.1 Å². The lowest BCUT2D eigenvalue weighted by atomic mass is 10.0. The average Bonchev–Trinajstić information content (AvgIpc) is 2.05. The molecule has 2 heteroatoms. The van der Waals surface area contributed by atoms with Crippen LogP contribution in [0.5, 0.6) is 5.75 Å². The lowest BCUT2D eigenvalue weighted by Crippen LogP contribution is -2.18. The molecule has 1 heterocycles. The zero-order chi connectivity index (χ0) is 8.55. The third kappa shape index (κ3) is 1.48. The molecule has 2 rings (SSSR count). The number of fused-ring (bicyclic) bond motifs is 1. The van der Waals surface area contributed by atoms with Crippen LogP contribution in [0.2, 0.25) is 0 Å². The number of halogens is 1. The molecular weight excluding hydrogens is 216 g/mol. The van der Waals surface area contributed by atoms with Gasteiger partial charge < -0.3 is 4.74 Å². The topological polar surface area (TPSA) is 9.23 Å². The molecular formula is C10H11BrO. The van der Waals surface area contributed by atoms with E-state index in [1.165, 1.54) is 5.56 Å². The van der Waals surface area contributed by atoms with Gasteiger partial charge in [0.15, 0.2) is 0 Å². The predicted molar refractivity (Wildman–Crippen MR) is 52.6 cm³/mol. The summed E-state index contributed by atoms with van der Waals surface area (Å²) in [5.74, 6) is 1.05. The summed E-state index contributed by atoms with van der Waals surface area (Å²) in [4.78, 5) is 0. The molecule has 0 saturated carbocycles. The number of aryl methyl sites for hydroxylation is 1. The van der Waals surface area contributed by atoms with Crippen LogP contribution in [0.1, 0.15) is 18.9 Å². The molecule has 1 unspecified atom stereocenters. The summed E-state index contributed by atoms with van der Waals surface area (Å²) in [7, 11) is 0. The second-order valence-electron chi connectivity index (χ2n) is 3.22. The highest BCUT2D eigenvalue weighted by molar-refractivity contribution is 9.10. The van der Waals surface area contributed by atoms with E-state index in [0.717, 1.165) is 23.1 Å². The first-order valence-corrected chi connectivity index (χ1v) is 5.00. The summed E-state index contributed by atoms with van der Waals surface area (Å²) in [5, 5.41) is 0. The molecule has 1 aromatic rings. The van der Waals surface area contributed by atoms with E-state index in [-0.39, 0.29) is 0 Å². The molecule has 64 valence electrons. The molecule has 1 aliphatic rings. The lowest BCUT2D eigenvalue weighted by Gasteiger charge is -2.23. The zero-order valence-electron chi connectivity index (χ0n) is 7.01. The van der Waals surface area contributed by atoms with E-state index in [2.05, 4.69) is 28.9 Å². The van der Waals surface area contributed by atoms with Crippen LogP contribution >= 0.6 is 15.9 Å². The maximum Gasteiger partial charge on any atom is 0.122 e. The van der Waals surface area contributed by atoms with Crippen molar-refractivity contribution in [1.29, 1.82) is 0 Å². The molecule has 1 aromatic carbocycles. The monoisotopic (exact) mass is 226 g/mol. The molecule has 0 amide bonds. The standard InChI is InChI=1S/C10H11BrO/c1-7-2-3-8-6-9(11)4-5-10(8)12-7/h4-7H,2-3H2,1H3. The third-order valence-corrected chi connectivity index (χ3v) is 2.66. The first-order chi connectivity index (χ1) is 5.75. The molecule has 1 atom stereocenters. The van der Waals surface area contributed by atoms with Crippen molar-refractivity contribution in [1.82, 2.24) is 0 Å². The Morgan fingerprint density at radius 2 is 2.33 bits per heavy atom. The van der Waals surface area contributed by atoms with E-state index in [1.54, 1.807) is 0 Å². The minimum Gasteiger partial charge on any atom is -0.490 e. The fourth-order valence-corrected chi connectivity index (χ4v) is 1.90. The van der Waals surface area contributed by atoms with Gasteiger partial charge in [0.2, 0.25) is 0 Å². The minimum absolute atomic E-state index is 0.374. The molecule has 0 radical (unpaired) electrons. The van der Waals surface area contributed by atoms with E-state index in [4.69, 9.17) is 4.74 Å². The van der Waals surface area contributed by atoms with Gasteiger partial charge in [-0.05, 0) is 43.5 Å². The Bertz CT molecular complexity index is 296. The fraction of sp³-hybridized carbons (Fsp3) is 0.400. The molecule has 0 bridgehead atoms. The molecule has 0 aromatic heterocycles. The van der Waals surface area contributed by atoms with Gasteiger partial charge in [0.25, 0.3) is 0 Å². The van der Waals surface area contributed by atoms with Gasteiger partial charge in [0, 0.05) is 4.47 Å². The number of rotatable bonds is 0. The zero-order valence-corrected chi connectivity index (χ0v) is 8.60. The first kappa shape index (κ1) is 8.11. The highest BCUT2D eigenvalue weighted by atomic mass is 79.9. The number of benzene rings is 1. The summed E-state index contributed by atoms with van der Waals surface area (Å²) >= 11 is 3.45. The van der Waals surface area contributed by atoms with E-state index in [9.17, 15) is 0 Å². The van der Waals surface area contributed by atoms with Crippen molar-refractivity contribution in [2.45, 2.75) is 25.9 Å². The fourth-order valence-electron chi connectivity index (χ4n) is 1.49. The van der Waals surface area contributed by atoms with Gasteiger partial charge in [0.1, 0.15) is 5.75 Å². The predicted octanol–water partition coefficient (Wildman–Crippen LogP) is 3.16. The molecule has 0 aliphatic carbocycles. The van der Waals surface area contributed by atoms with Crippen LogP contribution in [-0.4, -0.2) is 6.10 Å². The van der Waals surface area contributed by atoms with E-state index in [0.29, 0.717) is 6.10 Å². The van der Waals surface area contributed by atoms with Crippen LogP contribution < -0.4 is 4.74 Å². The summed E-state index contributed by atoms with van der Waals surface area (Å²) in [5.41, 5.74) is 1.32. The SMILES string of the molecule is CC1CCc2cc(Br)ccc2O1. The Hall–Kier alpha value is -0.500. The first-order valence-electron chi connectivity index (χ1n) is 4.21. The summed E-state index contributed by atoms with van der Waals surface area (Å²) in [6.07, 6.45) is 2.64. The quantitative estimate of drug-likeness (QED) is 0.661. The van der Waals surface area contributed by atoms with Crippen LogP contribution in [-0.2, 0) is 6.42 Å². The smallest absolute Gasteiger partial charge is 0.122 e. The van der Waals surface area contributed by atoms with Gasteiger partial charge in [-0.2, -0.15) is 0 Å². The van der Waals surface area contributed by atoms with Gasteiger partial charge in [-0.25, -0.2) is 0 Å². The number of hydrogen-bond donors (Lipinski definition) is 0. The van der Waals surface area contributed by atoms with Gasteiger partial charge in [-0.1, -0.05) is 15.9 Å². The van der Waals surface area contributed by atoms with Crippen LogP contribution in [0.3, 0.4) is 0 Å². The van der Waals surface area contributed by atoms with Gasteiger partial charge in [0.05, 0.1) is 6.10 Å². The number of hydrogen-bond acceptors (Lipinski definition) is 1. The van der Waals surface area contributed by atoms with Gasteiger partial charge in [-0.3, -0.25) is 0 Å². The third-order valence-electron chi connectivity index (χ3n) is 2.17. The second kappa shape index (κ2) is 3.09. The van der Waals surface area contributed by atoms with Crippen molar-refractivity contribution < 1.29 is 4.74 Å². The lowest BCUT2D eigenvalue weighted by molar-refractivity contribution is 0.192. The van der Waals surface area contributed by atoms with Crippen molar-refractivity contribution in [3.8, 4) is 5.75 Å². The maximum absolute atomic E-state index is 5.67. The van der Waals surface area contributed by atoms with Crippen molar-refractivity contribution in [2.75, 3.05) is 0 Å². The van der Waals surface area contributed by atoms with E-state index < -0.39 is 0 Å². The molecule has 0 spiro atoms. The number of ether oxygens (including phenoxy) is 1. The Balaban J connectivity index is 2.37. The molecule has 12 heavy (non-hydrogen) atoms. The van der Waals surface area contributed by atoms with Crippen LogP contribution in [0, 0.1) is 0 Å². The Labute approximate surface area is 80.9 Å². The Morgan fingerprint density at radius 3 is 3.17 bits per heavy atom.